The number of aromatic amines is 1. The van der Waals surface area contributed by atoms with E-state index in [2.05, 4.69) is 20.4 Å². The number of hydrogen-bond donors (Lipinski definition) is 2. The van der Waals surface area contributed by atoms with Crippen molar-refractivity contribution in [3.8, 4) is 11.3 Å². The summed E-state index contributed by atoms with van der Waals surface area (Å²) in [6.45, 7) is 1.93. The molecule has 0 fully saturated rings. The van der Waals surface area contributed by atoms with Gasteiger partial charge in [-0.1, -0.05) is 6.07 Å². The molecule has 4 rings (SSSR count). The fraction of sp³-hybridized carbons (Fsp3) is 0.292. The standard InChI is InChI=1S/C24H20F6N6O2/c1-13(34-18-11-33-35-21(37)20(18)24(28,29)30)3-2-7-36-8-6-14-9-15(4-5-16(14)22(36)38)17-10-32-19(12-31-17)23(25,26)27/h4-6,8-13H,2-3,7H2,1H3,(H2,34,35,37)/t13-/m0/s1. The van der Waals surface area contributed by atoms with E-state index in [0.717, 1.165) is 12.4 Å². The lowest BCUT2D eigenvalue weighted by atomic mass is 10.1. The monoisotopic (exact) mass is 538 g/mol. The van der Waals surface area contributed by atoms with Gasteiger partial charge in [0.1, 0.15) is 5.56 Å². The summed E-state index contributed by atoms with van der Waals surface area (Å²) in [6, 6.07) is 5.95. The largest absolute Gasteiger partial charge is 0.434 e. The highest BCUT2D eigenvalue weighted by Gasteiger charge is 2.37. The third kappa shape index (κ3) is 5.84. The first kappa shape index (κ1) is 26.8. The molecule has 8 nitrogen and oxygen atoms in total. The van der Waals surface area contributed by atoms with Gasteiger partial charge in [-0.15, -0.1) is 0 Å². The number of hydrogen-bond acceptors (Lipinski definition) is 6. The van der Waals surface area contributed by atoms with Crippen LogP contribution < -0.4 is 16.4 Å². The second kappa shape index (κ2) is 10.3. The lowest BCUT2D eigenvalue weighted by Gasteiger charge is -2.18. The summed E-state index contributed by atoms with van der Waals surface area (Å²) >= 11 is 0. The molecule has 0 spiro atoms. The first-order valence-electron chi connectivity index (χ1n) is 11.3. The van der Waals surface area contributed by atoms with Crippen molar-refractivity contribution in [3.63, 3.8) is 0 Å². The summed E-state index contributed by atoms with van der Waals surface area (Å²) in [5.74, 6) is 0. The number of aryl methyl sites for hydroxylation is 1. The van der Waals surface area contributed by atoms with Crippen LogP contribution in [-0.4, -0.2) is 30.8 Å². The van der Waals surface area contributed by atoms with Crippen molar-refractivity contribution in [1.29, 1.82) is 0 Å². The Balaban J connectivity index is 1.43. The van der Waals surface area contributed by atoms with Crippen LogP contribution in [0.5, 0.6) is 0 Å². The number of nitrogens with one attached hydrogen (secondary N) is 2. The average Bonchev–Trinajstić information content (AvgIpc) is 2.84. The zero-order chi connectivity index (χ0) is 27.7. The molecule has 1 atom stereocenters. The van der Waals surface area contributed by atoms with Crippen LogP contribution in [0.25, 0.3) is 22.0 Å². The van der Waals surface area contributed by atoms with Crippen molar-refractivity contribution in [2.75, 3.05) is 5.32 Å². The Bertz CT molecular complexity index is 1560. The van der Waals surface area contributed by atoms with Crippen LogP contribution in [0.4, 0.5) is 32.0 Å². The van der Waals surface area contributed by atoms with Crippen molar-refractivity contribution < 1.29 is 26.3 Å². The fourth-order valence-corrected chi connectivity index (χ4v) is 3.94. The molecule has 0 aliphatic rings. The molecule has 0 aliphatic heterocycles. The van der Waals surface area contributed by atoms with Crippen LogP contribution >= 0.6 is 0 Å². The summed E-state index contributed by atoms with van der Waals surface area (Å²) in [4.78, 5) is 31.7. The highest BCUT2D eigenvalue weighted by Crippen LogP contribution is 2.32. The summed E-state index contributed by atoms with van der Waals surface area (Å²) in [5, 5.41) is 8.79. The topological polar surface area (TPSA) is 106 Å². The van der Waals surface area contributed by atoms with Crippen molar-refractivity contribution in [1.82, 2.24) is 24.7 Å². The number of pyridine rings is 1. The molecule has 4 aromatic rings. The van der Waals surface area contributed by atoms with Crippen LogP contribution in [0.1, 0.15) is 31.0 Å². The molecule has 1 aromatic carbocycles. The molecule has 0 bridgehead atoms. The van der Waals surface area contributed by atoms with E-state index in [0.29, 0.717) is 35.4 Å². The van der Waals surface area contributed by atoms with Gasteiger partial charge in [0, 0.05) is 29.7 Å². The van der Waals surface area contributed by atoms with Gasteiger partial charge >= 0.3 is 12.4 Å². The van der Waals surface area contributed by atoms with Crippen LogP contribution in [-0.2, 0) is 18.9 Å². The smallest absolute Gasteiger partial charge is 0.381 e. The molecular formula is C24H20F6N6O2. The van der Waals surface area contributed by atoms with E-state index < -0.39 is 40.9 Å². The lowest BCUT2D eigenvalue weighted by Crippen LogP contribution is -2.27. The Hall–Kier alpha value is -4.23. The third-order valence-corrected chi connectivity index (χ3v) is 5.79. The second-order valence-corrected chi connectivity index (χ2v) is 8.57. The Labute approximate surface area is 210 Å². The quantitative estimate of drug-likeness (QED) is 0.326. The van der Waals surface area contributed by atoms with Gasteiger partial charge in [0.2, 0.25) is 0 Å². The zero-order valence-corrected chi connectivity index (χ0v) is 19.7. The number of benzene rings is 1. The van der Waals surface area contributed by atoms with Gasteiger partial charge in [-0.2, -0.15) is 31.4 Å². The van der Waals surface area contributed by atoms with Crippen LogP contribution in [0.15, 0.2) is 58.6 Å². The number of aromatic nitrogens is 5. The predicted molar refractivity (Wildman–Crippen MR) is 126 cm³/mol. The molecule has 38 heavy (non-hydrogen) atoms. The van der Waals surface area contributed by atoms with Crippen LogP contribution in [0.3, 0.4) is 0 Å². The second-order valence-electron chi connectivity index (χ2n) is 8.57. The minimum absolute atomic E-state index is 0.217. The maximum Gasteiger partial charge on any atom is 0.434 e. The molecule has 3 aromatic heterocycles. The maximum absolute atomic E-state index is 13.2. The summed E-state index contributed by atoms with van der Waals surface area (Å²) in [5.41, 5.74) is -3.82. The maximum atomic E-state index is 13.2. The van der Waals surface area contributed by atoms with E-state index >= 15 is 0 Å². The van der Waals surface area contributed by atoms with E-state index in [4.69, 9.17) is 0 Å². The molecule has 0 saturated heterocycles. The Kier molecular flexibility index (Phi) is 7.24. The van der Waals surface area contributed by atoms with Crippen LogP contribution in [0.2, 0.25) is 0 Å². The molecule has 0 unspecified atom stereocenters. The summed E-state index contributed by atoms with van der Waals surface area (Å²) < 4.78 is 79.2. The van der Waals surface area contributed by atoms with Gasteiger partial charge in [-0.3, -0.25) is 14.6 Å². The minimum Gasteiger partial charge on any atom is -0.381 e. The van der Waals surface area contributed by atoms with Gasteiger partial charge in [0.05, 0.1) is 30.0 Å². The number of halogens is 6. The lowest BCUT2D eigenvalue weighted by molar-refractivity contribution is -0.141. The van der Waals surface area contributed by atoms with Crippen molar-refractivity contribution in [2.45, 2.75) is 44.7 Å². The van der Waals surface area contributed by atoms with E-state index in [1.165, 1.54) is 4.57 Å². The van der Waals surface area contributed by atoms with E-state index in [9.17, 15) is 35.9 Å². The van der Waals surface area contributed by atoms with Gasteiger partial charge < -0.3 is 9.88 Å². The number of H-pyrrole nitrogens is 1. The molecule has 2 N–H and O–H groups in total. The summed E-state index contributed by atoms with van der Waals surface area (Å²) in [6.07, 6.45) is -4.50. The Morgan fingerprint density at radius 3 is 2.42 bits per heavy atom. The first-order valence-corrected chi connectivity index (χ1v) is 11.3. The highest BCUT2D eigenvalue weighted by atomic mass is 19.4. The van der Waals surface area contributed by atoms with Gasteiger partial charge in [-0.05, 0) is 43.4 Å². The predicted octanol–water partition coefficient (Wildman–Crippen LogP) is 4.86. The third-order valence-electron chi connectivity index (χ3n) is 5.79. The molecule has 0 amide bonds. The number of rotatable bonds is 7. The molecular weight excluding hydrogens is 518 g/mol. The fourth-order valence-electron chi connectivity index (χ4n) is 3.94. The van der Waals surface area contributed by atoms with Gasteiger partial charge in [0.15, 0.2) is 5.69 Å². The normalized spacial score (nSPS) is 13.0. The van der Waals surface area contributed by atoms with Gasteiger partial charge in [0.25, 0.3) is 11.1 Å². The van der Waals surface area contributed by atoms with Crippen molar-refractivity contribution in [2.24, 2.45) is 0 Å². The number of alkyl halides is 6. The van der Waals surface area contributed by atoms with Crippen LogP contribution in [0, 0.1) is 0 Å². The molecule has 14 heteroatoms. The number of nitrogens with zero attached hydrogens (tertiary/aromatic N) is 4. The molecule has 0 saturated carbocycles. The summed E-state index contributed by atoms with van der Waals surface area (Å²) in [7, 11) is 0. The SMILES string of the molecule is C[C@@H](CCCn1ccc2cc(-c3cnc(C(F)(F)F)cn3)ccc2c1=O)Nc1cn[nH]c(=O)c1C(F)(F)F. The average molecular weight is 538 g/mol. The van der Waals surface area contributed by atoms with Crippen molar-refractivity contribution >= 4 is 16.5 Å². The Morgan fingerprint density at radius 1 is 1.00 bits per heavy atom. The van der Waals surface area contributed by atoms with Gasteiger partial charge in [-0.25, -0.2) is 10.1 Å². The van der Waals surface area contributed by atoms with Crippen molar-refractivity contribution in [3.05, 3.63) is 81.0 Å². The minimum atomic E-state index is -4.85. The highest BCUT2D eigenvalue weighted by molar-refractivity contribution is 5.85. The number of fused-ring (bicyclic) bond motifs is 1. The molecule has 200 valence electrons. The van der Waals surface area contributed by atoms with E-state index in [1.807, 2.05) is 0 Å². The van der Waals surface area contributed by atoms with E-state index in [-0.39, 0.29) is 17.8 Å². The van der Waals surface area contributed by atoms with E-state index in [1.54, 1.807) is 42.5 Å². The zero-order valence-electron chi connectivity index (χ0n) is 19.7. The number of anilines is 1. The molecule has 0 radical (unpaired) electrons. The Morgan fingerprint density at radius 2 is 1.76 bits per heavy atom. The molecule has 3 heterocycles. The first-order chi connectivity index (χ1) is 17.8. The molecule has 0 aliphatic carbocycles.